The minimum Gasteiger partial charge on any atom is -0.368 e. The molecule has 1 aliphatic rings. The molecule has 1 saturated heterocycles. The van der Waals surface area contributed by atoms with Crippen molar-refractivity contribution in [3.05, 3.63) is 53.9 Å². The largest absolute Gasteiger partial charge is 0.393 e. The summed E-state index contributed by atoms with van der Waals surface area (Å²) in [4.78, 5) is 8.72. The maximum absolute atomic E-state index is 12.5. The van der Waals surface area contributed by atoms with Gasteiger partial charge in [0.05, 0.1) is 6.42 Å². The van der Waals surface area contributed by atoms with Gasteiger partial charge >= 0.3 is 6.18 Å². The third-order valence-corrected chi connectivity index (χ3v) is 4.60. The summed E-state index contributed by atoms with van der Waals surface area (Å²) in [6.45, 7) is 1.28. The minimum absolute atomic E-state index is 0.111. The second-order valence-corrected chi connectivity index (χ2v) is 6.73. The summed E-state index contributed by atoms with van der Waals surface area (Å²) >= 11 is 0. The third-order valence-electron chi connectivity index (χ3n) is 4.60. The van der Waals surface area contributed by atoms with Crippen molar-refractivity contribution in [2.24, 2.45) is 0 Å². The fourth-order valence-corrected chi connectivity index (χ4v) is 3.25. The van der Waals surface area contributed by atoms with E-state index in [1.165, 1.54) is 12.1 Å². The lowest BCUT2D eigenvalue weighted by atomic mass is 10.1. The summed E-state index contributed by atoms with van der Waals surface area (Å²) in [6.07, 6.45) is 0.638. The van der Waals surface area contributed by atoms with E-state index in [0.717, 1.165) is 18.4 Å². The fourth-order valence-electron chi connectivity index (χ4n) is 3.25. The SMILES string of the molecule is FC(F)(F)Cc1ccc(-c2nccn2CCc2noc(C3CCCO3)n2)cc1. The van der Waals surface area contributed by atoms with E-state index < -0.39 is 12.6 Å². The Balaban J connectivity index is 1.41. The molecule has 0 N–H and O–H groups in total. The van der Waals surface area contributed by atoms with Gasteiger partial charge in [-0.2, -0.15) is 18.2 Å². The van der Waals surface area contributed by atoms with E-state index in [1.54, 1.807) is 18.3 Å². The molecule has 9 heteroatoms. The zero-order valence-electron chi connectivity index (χ0n) is 15.0. The number of aromatic nitrogens is 4. The highest BCUT2D eigenvalue weighted by atomic mass is 19.4. The molecule has 3 aromatic rings. The van der Waals surface area contributed by atoms with Gasteiger partial charge in [-0.1, -0.05) is 29.4 Å². The van der Waals surface area contributed by atoms with Crippen LogP contribution in [-0.4, -0.2) is 32.5 Å². The van der Waals surface area contributed by atoms with E-state index in [0.29, 0.717) is 37.1 Å². The number of alkyl halides is 3. The Bertz CT molecular complexity index is 912. The molecule has 1 aromatic carbocycles. The van der Waals surface area contributed by atoms with Crippen molar-refractivity contribution in [3.63, 3.8) is 0 Å². The second kappa shape index (κ2) is 7.75. The Morgan fingerprint density at radius 2 is 2.00 bits per heavy atom. The van der Waals surface area contributed by atoms with Crippen LogP contribution in [0.5, 0.6) is 0 Å². The first-order valence-corrected chi connectivity index (χ1v) is 9.09. The zero-order valence-corrected chi connectivity index (χ0v) is 15.0. The van der Waals surface area contributed by atoms with Gasteiger partial charge in [-0.05, 0) is 18.4 Å². The van der Waals surface area contributed by atoms with Gasteiger partial charge in [0.25, 0.3) is 5.89 Å². The van der Waals surface area contributed by atoms with Crippen molar-refractivity contribution in [3.8, 4) is 11.4 Å². The molecule has 1 fully saturated rings. The lowest BCUT2D eigenvalue weighted by molar-refractivity contribution is -0.127. The highest BCUT2D eigenvalue weighted by molar-refractivity contribution is 5.56. The Labute approximate surface area is 159 Å². The van der Waals surface area contributed by atoms with Crippen LogP contribution >= 0.6 is 0 Å². The molecular formula is C19H19F3N4O2. The Morgan fingerprint density at radius 3 is 2.71 bits per heavy atom. The fraction of sp³-hybridized carbons (Fsp3) is 0.421. The van der Waals surface area contributed by atoms with Gasteiger partial charge in [0, 0.05) is 37.5 Å². The molecule has 3 heterocycles. The van der Waals surface area contributed by atoms with Crippen molar-refractivity contribution in [2.45, 2.75) is 44.5 Å². The highest BCUT2D eigenvalue weighted by Crippen LogP contribution is 2.27. The molecule has 28 heavy (non-hydrogen) atoms. The normalized spacial score (nSPS) is 17.3. The number of benzene rings is 1. The first-order valence-electron chi connectivity index (χ1n) is 9.09. The number of nitrogens with zero attached hydrogens (tertiary/aromatic N) is 4. The molecule has 1 atom stereocenters. The standard InChI is InChI=1S/C19H19F3N4O2/c20-19(21,22)12-13-3-5-14(6-4-13)17-23-8-10-26(17)9-7-16-24-18(28-25-16)15-2-1-11-27-15/h3-6,8,10,15H,1-2,7,9,11-12H2. The molecule has 0 spiro atoms. The lowest BCUT2D eigenvalue weighted by Gasteiger charge is -2.09. The second-order valence-electron chi connectivity index (χ2n) is 6.73. The van der Waals surface area contributed by atoms with Gasteiger partial charge in [0.2, 0.25) is 0 Å². The number of ether oxygens (including phenoxy) is 1. The number of aryl methyl sites for hydroxylation is 2. The van der Waals surface area contributed by atoms with Crippen LogP contribution in [0.25, 0.3) is 11.4 Å². The number of hydrogen-bond acceptors (Lipinski definition) is 5. The number of hydrogen-bond donors (Lipinski definition) is 0. The molecule has 6 nitrogen and oxygen atoms in total. The van der Waals surface area contributed by atoms with Gasteiger partial charge < -0.3 is 13.8 Å². The summed E-state index contributed by atoms with van der Waals surface area (Å²) in [6, 6.07) is 6.28. The van der Waals surface area contributed by atoms with Gasteiger partial charge in [-0.25, -0.2) is 4.98 Å². The molecule has 0 radical (unpaired) electrons. The van der Waals surface area contributed by atoms with Crippen LogP contribution in [-0.2, 0) is 24.1 Å². The third kappa shape index (κ3) is 4.41. The predicted octanol–water partition coefficient (Wildman–Crippen LogP) is 4.13. The van der Waals surface area contributed by atoms with Gasteiger partial charge in [0.1, 0.15) is 11.9 Å². The van der Waals surface area contributed by atoms with Crippen molar-refractivity contribution in [1.82, 2.24) is 19.7 Å². The summed E-state index contributed by atoms with van der Waals surface area (Å²) in [7, 11) is 0. The van der Waals surface area contributed by atoms with E-state index in [4.69, 9.17) is 9.26 Å². The number of imidazole rings is 1. The Kier molecular flexibility index (Phi) is 5.17. The summed E-state index contributed by atoms with van der Waals surface area (Å²) in [5.74, 6) is 1.78. The Morgan fingerprint density at radius 1 is 1.18 bits per heavy atom. The Hall–Kier alpha value is -2.68. The van der Waals surface area contributed by atoms with E-state index in [-0.39, 0.29) is 11.7 Å². The summed E-state index contributed by atoms with van der Waals surface area (Å²) in [5, 5.41) is 4.00. The van der Waals surface area contributed by atoms with Gasteiger partial charge in [-0.15, -0.1) is 0 Å². The van der Waals surface area contributed by atoms with Crippen LogP contribution in [0.15, 0.2) is 41.2 Å². The van der Waals surface area contributed by atoms with Crippen LogP contribution < -0.4 is 0 Å². The van der Waals surface area contributed by atoms with Crippen molar-refractivity contribution in [1.29, 1.82) is 0 Å². The smallest absolute Gasteiger partial charge is 0.368 e. The predicted molar refractivity (Wildman–Crippen MR) is 93.4 cm³/mol. The molecule has 1 aliphatic heterocycles. The monoisotopic (exact) mass is 392 g/mol. The molecule has 2 aromatic heterocycles. The number of rotatable bonds is 6. The van der Waals surface area contributed by atoms with E-state index in [9.17, 15) is 13.2 Å². The molecule has 0 amide bonds. The molecule has 0 bridgehead atoms. The molecule has 0 aliphatic carbocycles. The first-order chi connectivity index (χ1) is 13.5. The molecule has 4 rings (SSSR count). The van der Waals surface area contributed by atoms with Crippen LogP contribution in [0.3, 0.4) is 0 Å². The lowest BCUT2D eigenvalue weighted by Crippen LogP contribution is -2.11. The van der Waals surface area contributed by atoms with E-state index in [1.807, 2.05) is 10.8 Å². The quantitative estimate of drug-likeness (QED) is 0.631. The zero-order chi connectivity index (χ0) is 19.6. The van der Waals surface area contributed by atoms with Crippen molar-refractivity contribution in [2.75, 3.05) is 6.61 Å². The number of halogens is 3. The van der Waals surface area contributed by atoms with E-state index in [2.05, 4.69) is 15.1 Å². The van der Waals surface area contributed by atoms with Crippen molar-refractivity contribution >= 4 is 0 Å². The molecule has 148 valence electrons. The molecule has 0 saturated carbocycles. The summed E-state index contributed by atoms with van der Waals surface area (Å²) < 4.78 is 50.2. The van der Waals surface area contributed by atoms with Crippen LogP contribution in [0, 0.1) is 0 Å². The van der Waals surface area contributed by atoms with Crippen molar-refractivity contribution < 1.29 is 22.4 Å². The van der Waals surface area contributed by atoms with Gasteiger partial charge in [0.15, 0.2) is 5.82 Å². The average molecular weight is 392 g/mol. The highest BCUT2D eigenvalue weighted by Gasteiger charge is 2.27. The van der Waals surface area contributed by atoms with Gasteiger partial charge in [-0.3, -0.25) is 0 Å². The first kappa shape index (κ1) is 18.7. The minimum atomic E-state index is -4.22. The molecular weight excluding hydrogens is 373 g/mol. The summed E-state index contributed by atoms with van der Waals surface area (Å²) in [5.41, 5.74) is 0.979. The maximum Gasteiger partial charge on any atom is 0.393 e. The van der Waals surface area contributed by atoms with Crippen LogP contribution in [0.4, 0.5) is 13.2 Å². The molecule has 1 unspecified atom stereocenters. The van der Waals surface area contributed by atoms with Crippen LogP contribution in [0.1, 0.15) is 36.2 Å². The topological polar surface area (TPSA) is 66.0 Å². The maximum atomic E-state index is 12.5. The average Bonchev–Trinajstić information content (AvgIpc) is 3.40. The van der Waals surface area contributed by atoms with Crippen LogP contribution in [0.2, 0.25) is 0 Å². The van der Waals surface area contributed by atoms with E-state index >= 15 is 0 Å².